The number of hydrogen-bond donors (Lipinski definition) is 0. The number of para-hydroxylation sites is 2. The molecule has 3 heterocycles. The SMILES string of the molecule is c1ccc(-c2ccc3c(c2)c2cc4c(cc2n3-c2ccccc2)c2ccccc2n4-c2ccc(-c3cccc4c3sc3ccccc34)cc2)cc1. The molecule has 0 aliphatic carbocycles. The van der Waals surface area contributed by atoms with Crippen LogP contribution in [0.4, 0.5) is 0 Å². The number of hydrogen-bond acceptors (Lipinski definition) is 1. The van der Waals surface area contributed by atoms with E-state index in [0.29, 0.717) is 0 Å². The van der Waals surface area contributed by atoms with Crippen molar-refractivity contribution in [3.63, 3.8) is 0 Å². The Morgan fingerprint density at radius 3 is 1.67 bits per heavy atom. The fraction of sp³-hybridized carbons (Fsp3) is 0. The minimum Gasteiger partial charge on any atom is -0.309 e. The summed E-state index contributed by atoms with van der Waals surface area (Å²) in [6.07, 6.45) is 0. The van der Waals surface area contributed by atoms with Crippen LogP contribution in [0.25, 0.3) is 97.4 Å². The van der Waals surface area contributed by atoms with Gasteiger partial charge in [0.15, 0.2) is 0 Å². The average molecular weight is 667 g/mol. The van der Waals surface area contributed by atoms with Gasteiger partial charge in [-0.3, -0.25) is 0 Å². The fourth-order valence-electron chi connectivity index (χ4n) is 8.19. The molecule has 0 fully saturated rings. The molecule has 8 aromatic carbocycles. The van der Waals surface area contributed by atoms with Gasteiger partial charge in [0, 0.05) is 53.1 Å². The molecule has 0 atom stereocenters. The molecule has 0 aliphatic rings. The Hall–Kier alpha value is -6.42. The lowest BCUT2D eigenvalue weighted by Crippen LogP contribution is -1.94. The molecular formula is C48H30N2S. The van der Waals surface area contributed by atoms with Crippen molar-refractivity contribution in [1.29, 1.82) is 0 Å². The van der Waals surface area contributed by atoms with E-state index in [-0.39, 0.29) is 0 Å². The molecule has 0 aliphatic heterocycles. The monoisotopic (exact) mass is 666 g/mol. The van der Waals surface area contributed by atoms with Crippen molar-refractivity contribution in [3.05, 3.63) is 182 Å². The molecule has 0 amide bonds. The third-order valence-corrected chi connectivity index (χ3v) is 11.7. The van der Waals surface area contributed by atoms with Crippen molar-refractivity contribution in [2.45, 2.75) is 0 Å². The predicted molar refractivity (Wildman–Crippen MR) is 219 cm³/mol. The van der Waals surface area contributed by atoms with Crippen molar-refractivity contribution in [2.75, 3.05) is 0 Å². The van der Waals surface area contributed by atoms with E-state index in [9.17, 15) is 0 Å². The highest BCUT2D eigenvalue weighted by molar-refractivity contribution is 7.26. The van der Waals surface area contributed by atoms with Crippen LogP contribution in [0.1, 0.15) is 0 Å². The van der Waals surface area contributed by atoms with E-state index in [2.05, 4.69) is 191 Å². The molecule has 0 radical (unpaired) electrons. The van der Waals surface area contributed by atoms with Crippen LogP contribution in [0.3, 0.4) is 0 Å². The van der Waals surface area contributed by atoms with Gasteiger partial charge in [-0.05, 0) is 82.9 Å². The van der Waals surface area contributed by atoms with Gasteiger partial charge in [0.25, 0.3) is 0 Å². The first-order valence-corrected chi connectivity index (χ1v) is 18.3. The van der Waals surface area contributed by atoms with Gasteiger partial charge in [-0.15, -0.1) is 11.3 Å². The van der Waals surface area contributed by atoms with E-state index in [0.717, 1.165) is 11.4 Å². The molecule has 51 heavy (non-hydrogen) atoms. The number of nitrogens with zero attached hydrogens (tertiary/aromatic N) is 2. The molecule has 2 nitrogen and oxygen atoms in total. The number of benzene rings is 8. The largest absolute Gasteiger partial charge is 0.309 e. The Morgan fingerprint density at radius 1 is 0.314 bits per heavy atom. The molecule has 238 valence electrons. The zero-order chi connectivity index (χ0) is 33.5. The van der Waals surface area contributed by atoms with Crippen molar-refractivity contribution in [2.24, 2.45) is 0 Å². The molecule has 3 aromatic heterocycles. The Kier molecular flexibility index (Phi) is 6.16. The first-order chi connectivity index (χ1) is 25.3. The highest BCUT2D eigenvalue weighted by atomic mass is 32.1. The van der Waals surface area contributed by atoms with Gasteiger partial charge in [-0.2, -0.15) is 0 Å². The van der Waals surface area contributed by atoms with Crippen LogP contribution in [0.2, 0.25) is 0 Å². The second-order valence-electron chi connectivity index (χ2n) is 13.3. The van der Waals surface area contributed by atoms with Crippen LogP contribution < -0.4 is 0 Å². The Labute approximate surface area is 298 Å². The molecular weight excluding hydrogens is 637 g/mol. The van der Waals surface area contributed by atoms with E-state index in [4.69, 9.17) is 0 Å². The standard InChI is InChI=1S/C48H30N2S/c1-3-12-31(13-4-1)33-24-27-44-40(28-33)42-30-45-41(29-46(42)49(44)34-14-5-2-6-15-34)37-16-7-9-20-43(37)50(45)35-25-22-32(23-26-35)36-18-11-19-39-38-17-8-10-21-47(38)51-48(36)39/h1-30H. The lowest BCUT2D eigenvalue weighted by molar-refractivity contribution is 1.17. The molecule has 0 saturated carbocycles. The first-order valence-electron chi connectivity index (χ1n) is 17.4. The van der Waals surface area contributed by atoms with Gasteiger partial charge in [-0.25, -0.2) is 0 Å². The van der Waals surface area contributed by atoms with Gasteiger partial charge < -0.3 is 9.13 Å². The summed E-state index contributed by atoms with van der Waals surface area (Å²) >= 11 is 1.88. The zero-order valence-corrected chi connectivity index (χ0v) is 28.4. The van der Waals surface area contributed by atoms with E-state index >= 15 is 0 Å². The summed E-state index contributed by atoms with van der Waals surface area (Å²) in [6.45, 7) is 0. The maximum absolute atomic E-state index is 2.45. The lowest BCUT2D eigenvalue weighted by atomic mass is 10.0. The van der Waals surface area contributed by atoms with E-state index in [1.807, 2.05) is 11.3 Å². The maximum atomic E-state index is 2.45. The van der Waals surface area contributed by atoms with Crippen LogP contribution >= 0.6 is 11.3 Å². The topological polar surface area (TPSA) is 9.86 Å². The van der Waals surface area contributed by atoms with Gasteiger partial charge in [0.2, 0.25) is 0 Å². The summed E-state index contributed by atoms with van der Waals surface area (Å²) in [5.74, 6) is 0. The first kappa shape index (κ1) is 28.4. The van der Waals surface area contributed by atoms with Crippen LogP contribution in [0, 0.1) is 0 Å². The minimum absolute atomic E-state index is 1.16. The Bertz CT molecular complexity index is 3110. The number of rotatable bonds is 4. The molecule has 3 heteroatoms. The fourth-order valence-corrected chi connectivity index (χ4v) is 9.43. The summed E-state index contributed by atoms with van der Waals surface area (Å²) in [7, 11) is 0. The van der Waals surface area contributed by atoms with Crippen molar-refractivity contribution in [1.82, 2.24) is 9.13 Å². The summed E-state index contributed by atoms with van der Waals surface area (Å²) in [4.78, 5) is 0. The Morgan fingerprint density at radius 2 is 0.882 bits per heavy atom. The highest BCUT2D eigenvalue weighted by Crippen LogP contribution is 2.42. The van der Waals surface area contributed by atoms with Crippen LogP contribution in [0.5, 0.6) is 0 Å². The number of fused-ring (bicyclic) bond motifs is 9. The second-order valence-corrected chi connectivity index (χ2v) is 14.4. The highest BCUT2D eigenvalue weighted by Gasteiger charge is 2.19. The Balaban J connectivity index is 1.15. The zero-order valence-electron chi connectivity index (χ0n) is 27.6. The van der Waals surface area contributed by atoms with Crippen LogP contribution in [-0.4, -0.2) is 9.13 Å². The third kappa shape index (κ3) is 4.29. The number of aromatic nitrogens is 2. The third-order valence-electron chi connectivity index (χ3n) is 10.5. The normalized spacial score (nSPS) is 11.9. The van der Waals surface area contributed by atoms with Crippen molar-refractivity contribution >= 4 is 75.1 Å². The molecule has 11 aromatic rings. The van der Waals surface area contributed by atoms with Crippen molar-refractivity contribution in [3.8, 4) is 33.6 Å². The van der Waals surface area contributed by atoms with Crippen LogP contribution in [0.15, 0.2) is 182 Å². The molecule has 0 bridgehead atoms. The van der Waals surface area contributed by atoms with Gasteiger partial charge in [0.1, 0.15) is 0 Å². The van der Waals surface area contributed by atoms with Gasteiger partial charge in [-0.1, -0.05) is 121 Å². The smallest absolute Gasteiger partial charge is 0.0548 e. The summed E-state index contributed by atoms with van der Waals surface area (Å²) in [5.41, 5.74) is 12.1. The van der Waals surface area contributed by atoms with Crippen molar-refractivity contribution < 1.29 is 0 Å². The molecule has 0 unspecified atom stereocenters. The molecule has 0 N–H and O–H groups in total. The summed E-state index contributed by atoms with van der Waals surface area (Å²) < 4.78 is 7.54. The van der Waals surface area contributed by atoms with E-state index in [1.54, 1.807) is 0 Å². The minimum atomic E-state index is 1.16. The second kappa shape index (κ2) is 11.0. The average Bonchev–Trinajstić information content (AvgIpc) is 3.85. The molecule has 11 rings (SSSR count). The van der Waals surface area contributed by atoms with E-state index in [1.165, 1.54) is 86.0 Å². The van der Waals surface area contributed by atoms with Gasteiger partial charge >= 0.3 is 0 Å². The lowest BCUT2D eigenvalue weighted by Gasteiger charge is -2.10. The van der Waals surface area contributed by atoms with Crippen LogP contribution in [-0.2, 0) is 0 Å². The summed E-state index contributed by atoms with van der Waals surface area (Å²) in [6, 6.07) is 66.6. The van der Waals surface area contributed by atoms with Gasteiger partial charge in [0.05, 0.1) is 22.1 Å². The summed E-state index contributed by atoms with van der Waals surface area (Å²) in [5, 5.41) is 7.66. The predicted octanol–water partition coefficient (Wildman–Crippen LogP) is 13.6. The maximum Gasteiger partial charge on any atom is 0.0548 e. The quantitative estimate of drug-likeness (QED) is 0.177. The molecule has 0 spiro atoms. The molecule has 0 saturated heterocycles. The number of thiophene rings is 1. The van der Waals surface area contributed by atoms with E-state index < -0.39 is 0 Å².